The number of hydrogen-bond donors (Lipinski definition) is 1. The summed E-state index contributed by atoms with van der Waals surface area (Å²) in [6, 6.07) is 13.1. The van der Waals surface area contributed by atoms with Gasteiger partial charge in [0.15, 0.2) is 0 Å². The standard InChI is InChI=1S/C17H18N2O3/c1-18-9-5-8-15(18)16(20)19-10-13(14(11-19)17(21)22)12-6-3-2-4-7-12/h2-9,13-14H,10-11H2,1H3,(H,21,22)/t13-,14+/m0/s1. The highest BCUT2D eigenvalue weighted by Crippen LogP contribution is 2.33. The van der Waals surface area contributed by atoms with Gasteiger partial charge in [-0.3, -0.25) is 9.59 Å². The van der Waals surface area contributed by atoms with Crippen molar-refractivity contribution in [1.29, 1.82) is 0 Å². The molecule has 114 valence electrons. The van der Waals surface area contributed by atoms with Crippen LogP contribution in [0.2, 0.25) is 0 Å². The Kier molecular flexibility index (Phi) is 3.71. The number of likely N-dealkylation sites (tertiary alicyclic amines) is 1. The van der Waals surface area contributed by atoms with Gasteiger partial charge in [-0.05, 0) is 17.7 Å². The average Bonchev–Trinajstić information content (AvgIpc) is 3.14. The summed E-state index contributed by atoms with van der Waals surface area (Å²) in [5.41, 5.74) is 1.55. The number of carbonyl (C=O) groups is 2. The van der Waals surface area contributed by atoms with E-state index in [0.717, 1.165) is 5.56 Å². The van der Waals surface area contributed by atoms with E-state index >= 15 is 0 Å². The van der Waals surface area contributed by atoms with Crippen LogP contribution in [-0.4, -0.2) is 39.5 Å². The highest BCUT2D eigenvalue weighted by atomic mass is 16.4. The molecule has 2 heterocycles. The van der Waals surface area contributed by atoms with E-state index in [0.29, 0.717) is 12.2 Å². The highest BCUT2D eigenvalue weighted by molar-refractivity contribution is 5.93. The molecule has 2 atom stereocenters. The largest absolute Gasteiger partial charge is 0.481 e. The zero-order chi connectivity index (χ0) is 15.7. The first-order chi connectivity index (χ1) is 10.6. The number of nitrogens with zero attached hydrogens (tertiary/aromatic N) is 2. The molecule has 1 fully saturated rings. The molecule has 0 unspecified atom stereocenters. The quantitative estimate of drug-likeness (QED) is 0.942. The van der Waals surface area contributed by atoms with Gasteiger partial charge < -0.3 is 14.6 Å². The Hall–Kier alpha value is -2.56. The Morgan fingerprint density at radius 2 is 1.82 bits per heavy atom. The van der Waals surface area contributed by atoms with Crippen LogP contribution in [0.25, 0.3) is 0 Å². The van der Waals surface area contributed by atoms with E-state index in [1.165, 1.54) is 0 Å². The summed E-state index contributed by atoms with van der Waals surface area (Å²) in [7, 11) is 1.81. The van der Waals surface area contributed by atoms with Gasteiger partial charge >= 0.3 is 5.97 Å². The fourth-order valence-corrected chi connectivity index (χ4v) is 3.10. The van der Waals surface area contributed by atoms with Crippen molar-refractivity contribution in [3.8, 4) is 0 Å². The predicted octanol–water partition coefficient (Wildman–Crippen LogP) is 1.97. The van der Waals surface area contributed by atoms with Crippen LogP contribution < -0.4 is 0 Å². The van der Waals surface area contributed by atoms with Gasteiger partial charge in [0, 0.05) is 32.3 Å². The second-order valence-corrected chi connectivity index (χ2v) is 5.68. The van der Waals surface area contributed by atoms with E-state index in [2.05, 4.69) is 0 Å². The van der Waals surface area contributed by atoms with E-state index in [4.69, 9.17) is 0 Å². The molecule has 1 aliphatic heterocycles. The molecule has 1 aromatic carbocycles. The fraction of sp³-hybridized carbons (Fsp3) is 0.294. The molecule has 0 aliphatic carbocycles. The van der Waals surface area contributed by atoms with Gasteiger partial charge in [0.05, 0.1) is 5.92 Å². The van der Waals surface area contributed by atoms with Crippen molar-refractivity contribution in [1.82, 2.24) is 9.47 Å². The molecule has 0 spiro atoms. The summed E-state index contributed by atoms with van der Waals surface area (Å²) in [6.07, 6.45) is 1.81. The molecule has 0 radical (unpaired) electrons. The fourth-order valence-electron chi connectivity index (χ4n) is 3.10. The number of benzene rings is 1. The lowest BCUT2D eigenvalue weighted by Crippen LogP contribution is -2.31. The van der Waals surface area contributed by atoms with Crippen molar-refractivity contribution in [2.24, 2.45) is 13.0 Å². The van der Waals surface area contributed by atoms with Crippen molar-refractivity contribution < 1.29 is 14.7 Å². The molecule has 5 nitrogen and oxygen atoms in total. The Balaban J connectivity index is 1.86. The monoisotopic (exact) mass is 298 g/mol. The van der Waals surface area contributed by atoms with Crippen molar-refractivity contribution in [3.05, 3.63) is 59.9 Å². The SMILES string of the molecule is Cn1cccc1C(=O)N1C[C@@H](C(=O)O)[C@H](c2ccccc2)C1. The van der Waals surface area contributed by atoms with Crippen LogP contribution in [0.3, 0.4) is 0 Å². The molecule has 22 heavy (non-hydrogen) atoms. The minimum atomic E-state index is -0.851. The Bertz CT molecular complexity index is 693. The molecule has 1 saturated heterocycles. The second kappa shape index (κ2) is 5.67. The Morgan fingerprint density at radius 3 is 2.41 bits per heavy atom. The summed E-state index contributed by atoms with van der Waals surface area (Å²) in [5, 5.41) is 9.49. The molecule has 1 aliphatic rings. The zero-order valence-corrected chi connectivity index (χ0v) is 12.3. The van der Waals surface area contributed by atoms with Crippen molar-refractivity contribution in [2.45, 2.75) is 5.92 Å². The van der Waals surface area contributed by atoms with Gasteiger partial charge in [0.25, 0.3) is 5.91 Å². The average molecular weight is 298 g/mol. The van der Waals surface area contributed by atoms with Gasteiger partial charge in [-0.1, -0.05) is 30.3 Å². The zero-order valence-electron chi connectivity index (χ0n) is 12.3. The second-order valence-electron chi connectivity index (χ2n) is 5.68. The maximum atomic E-state index is 12.6. The summed E-state index contributed by atoms with van der Waals surface area (Å²) < 4.78 is 1.76. The first-order valence-electron chi connectivity index (χ1n) is 7.26. The smallest absolute Gasteiger partial charge is 0.308 e. The summed E-state index contributed by atoms with van der Waals surface area (Å²) >= 11 is 0. The van der Waals surface area contributed by atoms with Crippen LogP contribution in [0, 0.1) is 5.92 Å². The number of carbonyl (C=O) groups excluding carboxylic acids is 1. The van der Waals surface area contributed by atoms with E-state index in [9.17, 15) is 14.7 Å². The lowest BCUT2D eigenvalue weighted by Gasteiger charge is -2.17. The minimum absolute atomic E-state index is 0.114. The molecule has 0 saturated carbocycles. The number of carboxylic acid groups (broad SMARTS) is 1. The molecule has 1 amide bonds. The van der Waals surface area contributed by atoms with Crippen molar-refractivity contribution in [3.63, 3.8) is 0 Å². The predicted molar refractivity (Wildman–Crippen MR) is 81.6 cm³/mol. The maximum Gasteiger partial charge on any atom is 0.308 e. The van der Waals surface area contributed by atoms with Crippen molar-refractivity contribution >= 4 is 11.9 Å². The number of hydrogen-bond acceptors (Lipinski definition) is 2. The third kappa shape index (κ3) is 2.50. The molecule has 3 rings (SSSR count). The molecule has 2 aromatic rings. The van der Waals surface area contributed by atoms with Crippen molar-refractivity contribution in [2.75, 3.05) is 13.1 Å². The summed E-state index contributed by atoms with van der Waals surface area (Å²) in [5.74, 6) is -1.69. The topological polar surface area (TPSA) is 62.5 Å². The molecular formula is C17H18N2O3. The molecule has 5 heteroatoms. The number of aliphatic carboxylic acids is 1. The number of aryl methyl sites for hydroxylation is 1. The van der Waals surface area contributed by atoms with Gasteiger partial charge in [0.1, 0.15) is 5.69 Å². The molecule has 0 bridgehead atoms. The highest BCUT2D eigenvalue weighted by Gasteiger charge is 2.40. The van der Waals surface area contributed by atoms with Crippen LogP contribution in [-0.2, 0) is 11.8 Å². The first-order valence-corrected chi connectivity index (χ1v) is 7.26. The van der Waals surface area contributed by atoms with E-state index in [-0.39, 0.29) is 18.4 Å². The van der Waals surface area contributed by atoms with Crippen LogP contribution in [0.15, 0.2) is 48.7 Å². The van der Waals surface area contributed by atoms with Gasteiger partial charge in [-0.15, -0.1) is 0 Å². The maximum absolute atomic E-state index is 12.6. The normalized spacial score (nSPS) is 21.0. The van der Waals surface area contributed by atoms with E-state index < -0.39 is 11.9 Å². The number of rotatable bonds is 3. The number of carboxylic acids is 1. The summed E-state index contributed by atoms with van der Waals surface area (Å²) in [4.78, 5) is 25.8. The molecular weight excluding hydrogens is 280 g/mol. The van der Waals surface area contributed by atoms with Crippen LogP contribution in [0.1, 0.15) is 22.0 Å². The molecule has 1 N–H and O–H groups in total. The first kappa shape index (κ1) is 14.4. The Morgan fingerprint density at radius 1 is 1.09 bits per heavy atom. The van der Waals surface area contributed by atoms with Gasteiger partial charge in [-0.2, -0.15) is 0 Å². The van der Waals surface area contributed by atoms with E-state index in [1.54, 1.807) is 15.5 Å². The Labute approximate surface area is 128 Å². The number of aromatic nitrogens is 1. The van der Waals surface area contributed by atoms with E-state index in [1.807, 2.05) is 49.6 Å². The third-order valence-electron chi connectivity index (χ3n) is 4.31. The molecule has 1 aromatic heterocycles. The third-order valence-corrected chi connectivity index (χ3v) is 4.31. The van der Waals surface area contributed by atoms with Gasteiger partial charge in [-0.25, -0.2) is 0 Å². The lowest BCUT2D eigenvalue weighted by atomic mass is 9.89. The van der Waals surface area contributed by atoms with Gasteiger partial charge in [0.2, 0.25) is 0 Å². The van der Waals surface area contributed by atoms with Crippen LogP contribution >= 0.6 is 0 Å². The van der Waals surface area contributed by atoms with Crippen LogP contribution in [0.4, 0.5) is 0 Å². The minimum Gasteiger partial charge on any atom is -0.481 e. The lowest BCUT2D eigenvalue weighted by molar-refractivity contribution is -0.141. The summed E-state index contributed by atoms with van der Waals surface area (Å²) in [6.45, 7) is 0.684. The van der Waals surface area contributed by atoms with Crippen LogP contribution in [0.5, 0.6) is 0 Å². The number of amides is 1.